The van der Waals surface area contributed by atoms with E-state index < -0.39 is 5.41 Å². The molecule has 1 N–H and O–H groups in total. The van der Waals surface area contributed by atoms with E-state index in [1.54, 1.807) is 12.0 Å². The van der Waals surface area contributed by atoms with E-state index in [0.717, 1.165) is 37.5 Å². The number of carbonyl (C=O) groups is 1. The monoisotopic (exact) mass is 316 g/mol. The molecule has 0 bridgehead atoms. The van der Waals surface area contributed by atoms with Gasteiger partial charge in [0.05, 0.1) is 18.6 Å². The number of hydrogen-bond acceptors (Lipinski definition) is 4. The molecule has 5 nitrogen and oxygen atoms in total. The van der Waals surface area contributed by atoms with Gasteiger partial charge in [0.25, 0.3) is 0 Å². The molecule has 0 unspecified atom stereocenters. The molecule has 0 atom stereocenters. The average molecular weight is 317 g/mol. The van der Waals surface area contributed by atoms with E-state index in [1.165, 1.54) is 0 Å². The second-order valence-electron chi connectivity index (χ2n) is 5.64. The Labute approximate surface area is 132 Å². The van der Waals surface area contributed by atoms with Crippen LogP contribution in [0.2, 0.25) is 0 Å². The molecule has 1 amide bonds. The number of rotatable bonds is 5. The first kappa shape index (κ1) is 18.0. The summed E-state index contributed by atoms with van der Waals surface area (Å²) in [5, 5.41) is 3.30. The predicted molar refractivity (Wildman–Crippen MR) is 83.6 cm³/mol. The maximum Gasteiger partial charge on any atom is 0.231 e. The summed E-state index contributed by atoms with van der Waals surface area (Å²) in [6.07, 6.45) is 1.64. The molecule has 2 rings (SSSR count). The van der Waals surface area contributed by atoms with Crippen molar-refractivity contribution >= 4 is 18.3 Å². The van der Waals surface area contributed by atoms with Gasteiger partial charge in [-0.15, -0.1) is 12.4 Å². The molecule has 1 saturated heterocycles. The maximum atomic E-state index is 12.8. The Bertz CT molecular complexity index is 450. The van der Waals surface area contributed by atoms with Crippen LogP contribution in [-0.4, -0.2) is 44.7 Å². The van der Waals surface area contributed by atoms with E-state index in [1.807, 2.05) is 26.1 Å². The standard InChI is InChI=1S/C15H24N2O3.ClH/c1-12-4-5-13(20-12)10-17(2)14(18)15(11-19-3)6-8-16-9-7-15;/h4-5,16H,6-11H2,1-3H3;1H. The first-order valence-electron chi connectivity index (χ1n) is 7.08. The lowest BCUT2D eigenvalue weighted by atomic mass is 9.78. The number of hydrogen-bond donors (Lipinski definition) is 1. The largest absolute Gasteiger partial charge is 0.464 e. The van der Waals surface area contributed by atoms with Gasteiger partial charge in [-0.3, -0.25) is 4.79 Å². The fourth-order valence-corrected chi connectivity index (χ4v) is 2.88. The number of methoxy groups -OCH3 is 1. The smallest absolute Gasteiger partial charge is 0.231 e. The summed E-state index contributed by atoms with van der Waals surface area (Å²) in [6.45, 7) is 4.62. The molecule has 21 heavy (non-hydrogen) atoms. The van der Waals surface area contributed by atoms with Gasteiger partial charge in [-0.05, 0) is 45.0 Å². The van der Waals surface area contributed by atoms with Gasteiger partial charge in [0.15, 0.2) is 0 Å². The lowest BCUT2D eigenvalue weighted by Crippen LogP contribution is -2.50. The SMILES string of the molecule is COCC1(C(=O)N(C)Cc2ccc(C)o2)CCNCC1.Cl. The summed E-state index contributed by atoms with van der Waals surface area (Å²) in [4.78, 5) is 14.6. The Balaban J connectivity index is 0.00000220. The molecule has 1 aromatic heterocycles. The van der Waals surface area contributed by atoms with E-state index in [0.29, 0.717) is 13.2 Å². The maximum absolute atomic E-state index is 12.8. The number of ether oxygens (including phenoxy) is 1. The van der Waals surface area contributed by atoms with Crippen molar-refractivity contribution in [2.75, 3.05) is 33.9 Å². The lowest BCUT2D eigenvalue weighted by molar-refractivity contribution is -0.147. The van der Waals surface area contributed by atoms with Crippen molar-refractivity contribution in [1.82, 2.24) is 10.2 Å². The third kappa shape index (κ3) is 4.22. The Hall–Kier alpha value is -1.04. The van der Waals surface area contributed by atoms with Crippen LogP contribution >= 0.6 is 12.4 Å². The van der Waals surface area contributed by atoms with Crippen molar-refractivity contribution in [3.05, 3.63) is 23.7 Å². The zero-order chi connectivity index (χ0) is 14.6. The third-order valence-electron chi connectivity index (χ3n) is 3.97. The highest BCUT2D eigenvalue weighted by atomic mass is 35.5. The second-order valence-corrected chi connectivity index (χ2v) is 5.64. The lowest BCUT2D eigenvalue weighted by Gasteiger charge is -2.38. The summed E-state index contributed by atoms with van der Waals surface area (Å²) in [5.41, 5.74) is -0.392. The minimum Gasteiger partial charge on any atom is -0.464 e. The highest BCUT2D eigenvalue weighted by Gasteiger charge is 2.41. The average Bonchev–Trinajstić information content (AvgIpc) is 2.84. The van der Waals surface area contributed by atoms with Crippen LogP contribution in [0.5, 0.6) is 0 Å². The molecule has 1 aliphatic rings. The van der Waals surface area contributed by atoms with Gasteiger partial charge >= 0.3 is 0 Å². The van der Waals surface area contributed by atoms with Gasteiger partial charge in [-0.2, -0.15) is 0 Å². The zero-order valence-electron chi connectivity index (χ0n) is 13.0. The second kappa shape index (κ2) is 7.82. The topological polar surface area (TPSA) is 54.7 Å². The Kier molecular flexibility index (Phi) is 6.71. The van der Waals surface area contributed by atoms with Crippen LogP contribution in [-0.2, 0) is 16.1 Å². The number of piperidine rings is 1. The van der Waals surface area contributed by atoms with Crippen molar-refractivity contribution in [2.45, 2.75) is 26.3 Å². The van der Waals surface area contributed by atoms with E-state index in [4.69, 9.17) is 9.15 Å². The van der Waals surface area contributed by atoms with E-state index in [2.05, 4.69) is 5.32 Å². The number of nitrogens with zero attached hydrogens (tertiary/aromatic N) is 1. The highest BCUT2D eigenvalue weighted by Crippen LogP contribution is 2.31. The number of nitrogens with one attached hydrogen (secondary N) is 1. The fraction of sp³-hybridized carbons (Fsp3) is 0.667. The molecular formula is C15H25ClN2O3. The fourth-order valence-electron chi connectivity index (χ4n) is 2.88. The van der Waals surface area contributed by atoms with Crippen LogP contribution in [0.4, 0.5) is 0 Å². The molecule has 6 heteroatoms. The van der Waals surface area contributed by atoms with Gasteiger partial charge in [-0.1, -0.05) is 0 Å². The predicted octanol–water partition coefficient (Wildman–Crippen LogP) is 1.98. The van der Waals surface area contributed by atoms with Crippen molar-refractivity contribution in [1.29, 1.82) is 0 Å². The summed E-state index contributed by atoms with van der Waals surface area (Å²) in [5.74, 6) is 1.84. The summed E-state index contributed by atoms with van der Waals surface area (Å²) >= 11 is 0. The molecule has 1 aromatic rings. The van der Waals surface area contributed by atoms with E-state index >= 15 is 0 Å². The van der Waals surface area contributed by atoms with Gasteiger partial charge in [0, 0.05) is 14.2 Å². The van der Waals surface area contributed by atoms with Crippen molar-refractivity contribution < 1.29 is 13.9 Å². The van der Waals surface area contributed by atoms with Crippen molar-refractivity contribution in [3.63, 3.8) is 0 Å². The molecule has 0 aliphatic carbocycles. The molecule has 0 radical (unpaired) electrons. The number of carbonyl (C=O) groups excluding carboxylic acids is 1. The van der Waals surface area contributed by atoms with Gasteiger partial charge in [0.2, 0.25) is 5.91 Å². The number of amides is 1. The summed E-state index contributed by atoms with van der Waals surface area (Å²) < 4.78 is 10.9. The summed E-state index contributed by atoms with van der Waals surface area (Å²) in [7, 11) is 3.49. The van der Waals surface area contributed by atoms with E-state index in [-0.39, 0.29) is 18.3 Å². The van der Waals surface area contributed by atoms with Crippen LogP contribution in [0.25, 0.3) is 0 Å². The molecule has 0 aromatic carbocycles. The Morgan fingerprint density at radius 1 is 1.43 bits per heavy atom. The third-order valence-corrected chi connectivity index (χ3v) is 3.97. The van der Waals surface area contributed by atoms with Crippen LogP contribution < -0.4 is 5.32 Å². The molecule has 0 saturated carbocycles. The zero-order valence-corrected chi connectivity index (χ0v) is 13.8. The van der Waals surface area contributed by atoms with E-state index in [9.17, 15) is 4.79 Å². The molecule has 120 valence electrons. The normalized spacial score (nSPS) is 17.1. The molecule has 0 spiro atoms. The molecule has 1 fully saturated rings. The number of halogens is 1. The minimum atomic E-state index is -0.392. The van der Waals surface area contributed by atoms with Crippen molar-refractivity contribution in [3.8, 4) is 0 Å². The minimum absolute atomic E-state index is 0. The first-order valence-corrected chi connectivity index (χ1v) is 7.08. The van der Waals surface area contributed by atoms with Gasteiger partial charge in [0.1, 0.15) is 11.5 Å². The highest BCUT2D eigenvalue weighted by molar-refractivity contribution is 5.85. The van der Waals surface area contributed by atoms with Crippen LogP contribution in [0.3, 0.4) is 0 Å². The van der Waals surface area contributed by atoms with Gasteiger partial charge in [-0.25, -0.2) is 0 Å². The van der Waals surface area contributed by atoms with Crippen LogP contribution in [0.1, 0.15) is 24.4 Å². The van der Waals surface area contributed by atoms with Crippen molar-refractivity contribution in [2.24, 2.45) is 5.41 Å². The molecule has 2 heterocycles. The quantitative estimate of drug-likeness (QED) is 0.902. The number of furan rings is 1. The molecular weight excluding hydrogens is 292 g/mol. The van der Waals surface area contributed by atoms with Gasteiger partial charge < -0.3 is 19.4 Å². The summed E-state index contributed by atoms with van der Waals surface area (Å²) in [6, 6.07) is 3.84. The first-order chi connectivity index (χ1) is 9.57. The Morgan fingerprint density at radius 3 is 2.62 bits per heavy atom. The van der Waals surface area contributed by atoms with Crippen LogP contribution in [0.15, 0.2) is 16.5 Å². The number of aryl methyl sites for hydroxylation is 1. The Morgan fingerprint density at radius 2 is 2.10 bits per heavy atom. The van der Waals surface area contributed by atoms with Crippen LogP contribution in [0, 0.1) is 12.3 Å². The molecule has 1 aliphatic heterocycles.